The number of halogens is 1. The fourth-order valence-electron chi connectivity index (χ4n) is 3.77. The van der Waals surface area contributed by atoms with Crippen LogP contribution in [0.1, 0.15) is 24.0 Å². The molecule has 4 rings (SSSR count). The predicted octanol–water partition coefficient (Wildman–Crippen LogP) is 5.05. The first-order valence-electron chi connectivity index (χ1n) is 11.1. The number of hydrogen-bond donors (Lipinski definition) is 1. The molecule has 2 fully saturated rings. The summed E-state index contributed by atoms with van der Waals surface area (Å²) < 4.78 is 17.3. The van der Waals surface area contributed by atoms with E-state index >= 15 is 0 Å². The molecular formula is C25H25ClN2O5S2. The Morgan fingerprint density at radius 3 is 2.91 bits per heavy atom. The molecule has 0 saturated carbocycles. The van der Waals surface area contributed by atoms with Gasteiger partial charge in [0.15, 0.2) is 18.1 Å². The molecule has 35 heavy (non-hydrogen) atoms. The second-order valence-electron chi connectivity index (χ2n) is 8.09. The SMILES string of the molecule is COc1cc(/C=C2\SC(=S)N(C[C@@H]3CCCO3)C2=O)ccc1OCC(=O)Nc1cccc(Cl)c1C. The molecule has 0 bridgehead atoms. The van der Waals surface area contributed by atoms with E-state index in [-0.39, 0.29) is 24.5 Å². The molecule has 1 N–H and O–H groups in total. The van der Waals surface area contributed by atoms with Gasteiger partial charge in [-0.3, -0.25) is 14.5 Å². The van der Waals surface area contributed by atoms with Crippen LogP contribution in [-0.4, -0.2) is 54.0 Å². The van der Waals surface area contributed by atoms with E-state index < -0.39 is 0 Å². The number of amides is 2. The van der Waals surface area contributed by atoms with E-state index in [4.69, 9.17) is 38.0 Å². The molecule has 2 aliphatic rings. The summed E-state index contributed by atoms with van der Waals surface area (Å²) in [5, 5.41) is 3.37. The second-order valence-corrected chi connectivity index (χ2v) is 10.2. The minimum atomic E-state index is -0.323. The van der Waals surface area contributed by atoms with Gasteiger partial charge in [-0.05, 0) is 61.2 Å². The number of hydrogen-bond acceptors (Lipinski definition) is 7. The van der Waals surface area contributed by atoms with Gasteiger partial charge in [-0.15, -0.1) is 0 Å². The number of ether oxygens (including phenoxy) is 3. The maximum absolute atomic E-state index is 12.9. The van der Waals surface area contributed by atoms with Crippen LogP contribution < -0.4 is 14.8 Å². The third-order valence-electron chi connectivity index (χ3n) is 5.67. The average Bonchev–Trinajstić information content (AvgIpc) is 3.45. The van der Waals surface area contributed by atoms with E-state index in [9.17, 15) is 9.59 Å². The molecule has 0 aliphatic carbocycles. The van der Waals surface area contributed by atoms with Gasteiger partial charge >= 0.3 is 0 Å². The van der Waals surface area contributed by atoms with Crippen LogP contribution in [0.15, 0.2) is 41.3 Å². The molecular weight excluding hydrogens is 508 g/mol. The van der Waals surface area contributed by atoms with Crippen LogP contribution in [0.3, 0.4) is 0 Å². The zero-order valence-electron chi connectivity index (χ0n) is 19.3. The van der Waals surface area contributed by atoms with Crippen molar-refractivity contribution in [1.29, 1.82) is 0 Å². The van der Waals surface area contributed by atoms with Gasteiger partial charge in [0, 0.05) is 17.3 Å². The average molecular weight is 533 g/mol. The summed E-state index contributed by atoms with van der Waals surface area (Å²) in [4.78, 5) is 27.4. The molecule has 2 heterocycles. The lowest BCUT2D eigenvalue weighted by molar-refractivity contribution is -0.123. The standard InChI is InChI=1S/C25H25ClN2O5S2/c1-15-18(26)6-3-7-19(15)27-23(29)14-33-20-9-8-16(11-21(20)31-2)12-22-24(30)28(25(34)35-22)13-17-5-4-10-32-17/h3,6-9,11-12,17H,4-5,10,13-14H2,1-2H3,(H,27,29)/b22-12-/t17-/m0/s1. The molecule has 2 saturated heterocycles. The van der Waals surface area contributed by atoms with E-state index in [1.165, 1.54) is 18.9 Å². The van der Waals surface area contributed by atoms with E-state index in [1.807, 2.05) is 6.92 Å². The summed E-state index contributed by atoms with van der Waals surface area (Å²) in [6.07, 6.45) is 3.75. The van der Waals surface area contributed by atoms with Crippen LogP contribution in [0.4, 0.5) is 5.69 Å². The Hall–Kier alpha value is -2.59. The molecule has 184 valence electrons. The number of nitrogens with zero attached hydrogens (tertiary/aromatic N) is 1. The van der Waals surface area contributed by atoms with Gasteiger partial charge in [0.05, 0.1) is 24.7 Å². The van der Waals surface area contributed by atoms with E-state index in [0.717, 1.165) is 30.6 Å². The number of carbonyl (C=O) groups excluding carboxylic acids is 2. The van der Waals surface area contributed by atoms with Gasteiger partial charge in [0.25, 0.3) is 11.8 Å². The van der Waals surface area contributed by atoms with Gasteiger partial charge in [-0.1, -0.05) is 47.7 Å². The lowest BCUT2D eigenvalue weighted by Crippen LogP contribution is -2.35. The zero-order valence-corrected chi connectivity index (χ0v) is 21.7. The highest BCUT2D eigenvalue weighted by Crippen LogP contribution is 2.35. The van der Waals surface area contributed by atoms with Crippen LogP contribution in [0.2, 0.25) is 5.02 Å². The highest BCUT2D eigenvalue weighted by Gasteiger charge is 2.34. The van der Waals surface area contributed by atoms with Crippen molar-refractivity contribution in [2.75, 3.05) is 32.2 Å². The van der Waals surface area contributed by atoms with Gasteiger partial charge < -0.3 is 19.5 Å². The van der Waals surface area contributed by atoms with Crippen LogP contribution in [0, 0.1) is 6.92 Å². The number of thiocarbonyl (C=S) groups is 1. The number of rotatable bonds is 8. The maximum atomic E-state index is 12.9. The topological polar surface area (TPSA) is 77.1 Å². The molecule has 2 aromatic carbocycles. The highest BCUT2D eigenvalue weighted by atomic mass is 35.5. The van der Waals surface area contributed by atoms with Gasteiger partial charge in [-0.25, -0.2) is 0 Å². The van der Waals surface area contributed by atoms with Crippen molar-refractivity contribution >= 4 is 63.5 Å². The van der Waals surface area contributed by atoms with Crippen LogP contribution in [-0.2, 0) is 14.3 Å². The first-order chi connectivity index (χ1) is 16.9. The highest BCUT2D eigenvalue weighted by molar-refractivity contribution is 8.26. The van der Waals surface area contributed by atoms with Gasteiger partial charge in [0.1, 0.15) is 4.32 Å². The van der Waals surface area contributed by atoms with Crippen molar-refractivity contribution in [1.82, 2.24) is 4.90 Å². The molecule has 2 amide bonds. The van der Waals surface area contributed by atoms with Crippen molar-refractivity contribution in [3.8, 4) is 11.5 Å². The molecule has 7 nitrogen and oxygen atoms in total. The zero-order chi connectivity index (χ0) is 24.9. The smallest absolute Gasteiger partial charge is 0.266 e. The summed E-state index contributed by atoms with van der Waals surface area (Å²) in [5.41, 5.74) is 2.17. The summed E-state index contributed by atoms with van der Waals surface area (Å²) in [6.45, 7) is 2.83. The van der Waals surface area contributed by atoms with Crippen molar-refractivity contribution in [3.63, 3.8) is 0 Å². The normalized spacial score (nSPS) is 18.9. The van der Waals surface area contributed by atoms with E-state index in [2.05, 4.69) is 5.32 Å². The summed E-state index contributed by atoms with van der Waals surface area (Å²) in [6, 6.07) is 10.6. The Morgan fingerprint density at radius 1 is 1.34 bits per heavy atom. The first kappa shape index (κ1) is 25.5. The first-order valence-corrected chi connectivity index (χ1v) is 12.7. The Labute approximate surface area is 218 Å². The minimum Gasteiger partial charge on any atom is -0.493 e. The molecule has 10 heteroatoms. The number of thioether (sulfide) groups is 1. The van der Waals surface area contributed by atoms with Crippen LogP contribution in [0.5, 0.6) is 11.5 Å². The van der Waals surface area contributed by atoms with E-state index in [0.29, 0.717) is 38.0 Å². The minimum absolute atomic E-state index is 0.0355. The molecule has 2 aromatic rings. The molecule has 2 aliphatic heterocycles. The Bertz CT molecular complexity index is 1180. The molecule has 0 spiro atoms. The lowest BCUT2D eigenvalue weighted by Gasteiger charge is -2.18. The summed E-state index contributed by atoms with van der Waals surface area (Å²) >= 11 is 12.8. The number of carbonyl (C=O) groups is 2. The van der Waals surface area contributed by atoms with Crippen molar-refractivity contribution < 1.29 is 23.8 Å². The maximum Gasteiger partial charge on any atom is 0.266 e. The fraction of sp³-hybridized carbons (Fsp3) is 0.320. The number of methoxy groups -OCH3 is 1. The lowest BCUT2D eigenvalue weighted by atomic mass is 10.1. The second kappa shape index (κ2) is 11.4. The molecule has 0 aromatic heterocycles. The van der Waals surface area contributed by atoms with Crippen LogP contribution >= 0.6 is 35.6 Å². The molecule has 0 radical (unpaired) electrons. The largest absolute Gasteiger partial charge is 0.493 e. The van der Waals surface area contributed by atoms with Crippen molar-refractivity contribution in [2.45, 2.75) is 25.9 Å². The van der Waals surface area contributed by atoms with E-state index in [1.54, 1.807) is 47.4 Å². The molecule has 0 unspecified atom stereocenters. The van der Waals surface area contributed by atoms with Gasteiger partial charge in [-0.2, -0.15) is 0 Å². The number of nitrogens with one attached hydrogen (secondary N) is 1. The van der Waals surface area contributed by atoms with Gasteiger partial charge in [0.2, 0.25) is 0 Å². The Balaban J connectivity index is 1.40. The Kier molecular flexibility index (Phi) is 8.33. The fourth-order valence-corrected chi connectivity index (χ4v) is 5.22. The van der Waals surface area contributed by atoms with Crippen molar-refractivity contribution in [3.05, 3.63) is 57.5 Å². The third-order valence-corrected chi connectivity index (χ3v) is 7.46. The Morgan fingerprint density at radius 2 is 2.17 bits per heavy atom. The number of benzene rings is 2. The quantitative estimate of drug-likeness (QED) is 0.376. The predicted molar refractivity (Wildman–Crippen MR) is 142 cm³/mol. The summed E-state index contributed by atoms with van der Waals surface area (Å²) in [7, 11) is 1.52. The third kappa shape index (κ3) is 6.16. The molecule has 1 atom stereocenters. The summed E-state index contributed by atoms with van der Waals surface area (Å²) in [5.74, 6) is 0.410. The monoisotopic (exact) mass is 532 g/mol. The number of anilines is 1. The van der Waals surface area contributed by atoms with Crippen molar-refractivity contribution in [2.24, 2.45) is 0 Å². The van der Waals surface area contributed by atoms with Crippen LogP contribution in [0.25, 0.3) is 6.08 Å².